The summed E-state index contributed by atoms with van der Waals surface area (Å²) in [4.78, 5) is 11.5. The van der Waals surface area contributed by atoms with Crippen molar-refractivity contribution >= 4 is 11.6 Å². The molecule has 2 rings (SSSR count). The van der Waals surface area contributed by atoms with Crippen molar-refractivity contribution < 1.29 is 13.6 Å². The minimum atomic E-state index is -0.822. The number of aromatic nitrogens is 2. The molecule has 2 N–H and O–H groups in total. The number of H-pyrrole nitrogens is 1. The number of rotatable bonds is 2. The van der Waals surface area contributed by atoms with E-state index in [4.69, 9.17) is 0 Å². The van der Waals surface area contributed by atoms with Crippen LogP contribution in [-0.4, -0.2) is 16.1 Å². The lowest BCUT2D eigenvalue weighted by Gasteiger charge is -2.05. The number of amides is 1. The van der Waals surface area contributed by atoms with Gasteiger partial charge in [-0.25, -0.2) is 8.78 Å². The molecule has 16 heavy (non-hydrogen) atoms. The van der Waals surface area contributed by atoms with Crippen LogP contribution in [0.1, 0.15) is 10.4 Å². The third kappa shape index (κ3) is 1.90. The number of hydrogen-bond donors (Lipinski definition) is 2. The van der Waals surface area contributed by atoms with Crippen LogP contribution in [0.15, 0.2) is 30.6 Å². The molecule has 0 aliphatic carbocycles. The minimum absolute atomic E-state index is 0.197. The second kappa shape index (κ2) is 4.09. The van der Waals surface area contributed by atoms with E-state index in [1.165, 1.54) is 18.5 Å². The second-order valence-electron chi connectivity index (χ2n) is 3.04. The first-order chi connectivity index (χ1) is 7.68. The van der Waals surface area contributed by atoms with E-state index in [-0.39, 0.29) is 5.56 Å². The highest BCUT2D eigenvalue weighted by Crippen LogP contribution is 2.18. The summed E-state index contributed by atoms with van der Waals surface area (Å²) in [6.45, 7) is 0. The van der Waals surface area contributed by atoms with E-state index in [9.17, 15) is 13.6 Å². The Balaban J connectivity index is 2.25. The first-order valence-electron chi connectivity index (χ1n) is 4.42. The van der Waals surface area contributed by atoms with Gasteiger partial charge < -0.3 is 5.32 Å². The SMILES string of the molecule is O=C(Nc1c(F)cccc1F)c1cn[nH]c1. The Labute approximate surface area is 89.3 Å². The molecule has 1 aromatic carbocycles. The summed E-state index contributed by atoms with van der Waals surface area (Å²) in [5.74, 6) is -2.27. The van der Waals surface area contributed by atoms with Crippen LogP contribution in [0.5, 0.6) is 0 Å². The van der Waals surface area contributed by atoms with Crippen LogP contribution in [0.4, 0.5) is 14.5 Å². The van der Waals surface area contributed by atoms with Crippen LogP contribution in [0.2, 0.25) is 0 Å². The summed E-state index contributed by atoms with van der Waals surface area (Å²) in [6.07, 6.45) is 2.59. The highest BCUT2D eigenvalue weighted by atomic mass is 19.1. The Kier molecular flexibility index (Phi) is 2.63. The number of para-hydroxylation sites is 1. The lowest BCUT2D eigenvalue weighted by molar-refractivity contribution is 0.102. The highest BCUT2D eigenvalue weighted by Gasteiger charge is 2.13. The van der Waals surface area contributed by atoms with Crippen LogP contribution in [-0.2, 0) is 0 Å². The largest absolute Gasteiger partial charge is 0.317 e. The molecule has 0 saturated heterocycles. The van der Waals surface area contributed by atoms with E-state index < -0.39 is 23.2 Å². The molecule has 0 aliphatic rings. The van der Waals surface area contributed by atoms with Crippen LogP contribution < -0.4 is 5.32 Å². The van der Waals surface area contributed by atoms with Gasteiger partial charge in [0.15, 0.2) is 0 Å². The van der Waals surface area contributed by atoms with Crippen molar-refractivity contribution in [2.24, 2.45) is 0 Å². The Morgan fingerprint density at radius 2 is 2.00 bits per heavy atom. The Morgan fingerprint density at radius 1 is 1.31 bits per heavy atom. The molecule has 82 valence electrons. The van der Waals surface area contributed by atoms with Crippen molar-refractivity contribution in [1.82, 2.24) is 10.2 Å². The molecule has 0 spiro atoms. The standard InChI is InChI=1S/C10H7F2N3O/c11-7-2-1-3-8(12)9(7)15-10(16)6-4-13-14-5-6/h1-5H,(H,13,14)(H,15,16). The molecule has 0 saturated carbocycles. The lowest BCUT2D eigenvalue weighted by Crippen LogP contribution is -2.13. The van der Waals surface area contributed by atoms with Crippen molar-refractivity contribution in [2.75, 3.05) is 5.32 Å². The fourth-order valence-corrected chi connectivity index (χ4v) is 1.18. The number of nitrogens with one attached hydrogen (secondary N) is 2. The number of aromatic amines is 1. The van der Waals surface area contributed by atoms with Crippen LogP contribution in [0.3, 0.4) is 0 Å². The monoisotopic (exact) mass is 223 g/mol. The Hall–Kier alpha value is -2.24. The lowest BCUT2D eigenvalue weighted by atomic mass is 10.2. The van der Waals surface area contributed by atoms with Crippen LogP contribution in [0.25, 0.3) is 0 Å². The van der Waals surface area contributed by atoms with Gasteiger partial charge in [-0.15, -0.1) is 0 Å². The number of anilines is 1. The molecule has 1 heterocycles. The normalized spacial score (nSPS) is 10.1. The van der Waals surface area contributed by atoms with Gasteiger partial charge in [0, 0.05) is 6.20 Å². The van der Waals surface area contributed by atoms with Gasteiger partial charge in [0.1, 0.15) is 17.3 Å². The van der Waals surface area contributed by atoms with Crippen molar-refractivity contribution in [1.29, 1.82) is 0 Å². The van der Waals surface area contributed by atoms with Crippen molar-refractivity contribution in [2.45, 2.75) is 0 Å². The van der Waals surface area contributed by atoms with E-state index >= 15 is 0 Å². The quantitative estimate of drug-likeness (QED) is 0.817. The molecule has 0 aliphatic heterocycles. The molecule has 1 aromatic heterocycles. The van der Waals surface area contributed by atoms with Crippen molar-refractivity contribution in [3.63, 3.8) is 0 Å². The molecule has 0 unspecified atom stereocenters. The zero-order valence-electron chi connectivity index (χ0n) is 8.00. The van der Waals surface area contributed by atoms with E-state index in [2.05, 4.69) is 15.5 Å². The first kappa shape index (κ1) is 10.3. The summed E-state index contributed by atoms with van der Waals surface area (Å²) < 4.78 is 26.3. The molecule has 0 radical (unpaired) electrons. The maximum atomic E-state index is 13.2. The van der Waals surface area contributed by atoms with Crippen molar-refractivity contribution in [3.05, 3.63) is 47.8 Å². The Morgan fingerprint density at radius 3 is 2.56 bits per heavy atom. The number of hydrogen-bond acceptors (Lipinski definition) is 2. The molecule has 0 bridgehead atoms. The van der Waals surface area contributed by atoms with E-state index in [1.54, 1.807) is 0 Å². The maximum absolute atomic E-state index is 13.2. The van der Waals surface area contributed by atoms with Gasteiger partial charge in [0.2, 0.25) is 0 Å². The predicted octanol–water partition coefficient (Wildman–Crippen LogP) is 1.94. The number of nitrogens with zero attached hydrogens (tertiary/aromatic N) is 1. The maximum Gasteiger partial charge on any atom is 0.258 e. The molecule has 2 aromatic rings. The van der Waals surface area contributed by atoms with Crippen LogP contribution >= 0.6 is 0 Å². The third-order valence-electron chi connectivity index (χ3n) is 1.96. The summed E-state index contributed by atoms with van der Waals surface area (Å²) in [5, 5.41) is 8.12. The van der Waals surface area contributed by atoms with Gasteiger partial charge in [-0.1, -0.05) is 6.07 Å². The summed E-state index contributed by atoms with van der Waals surface area (Å²) in [7, 11) is 0. The second-order valence-corrected chi connectivity index (χ2v) is 3.04. The number of carbonyl (C=O) groups is 1. The molecular weight excluding hydrogens is 216 g/mol. The smallest absolute Gasteiger partial charge is 0.258 e. The van der Waals surface area contributed by atoms with E-state index in [1.807, 2.05) is 0 Å². The summed E-state index contributed by atoms with van der Waals surface area (Å²) in [5.41, 5.74) is -0.267. The zero-order chi connectivity index (χ0) is 11.5. The number of halogens is 2. The fraction of sp³-hybridized carbons (Fsp3) is 0. The summed E-state index contributed by atoms with van der Waals surface area (Å²) in [6, 6.07) is 3.35. The van der Waals surface area contributed by atoms with Gasteiger partial charge in [0.25, 0.3) is 5.91 Å². The molecule has 0 fully saturated rings. The molecule has 0 atom stereocenters. The van der Waals surface area contributed by atoms with Gasteiger partial charge in [-0.05, 0) is 12.1 Å². The van der Waals surface area contributed by atoms with E-state index in [0.29, 0.717) is 0 Å². The Bertz CT molecular complexity index is 491. The highest BCUT2D eigenvalue weighted by molar-refractivity contribution is 6.04. The average Bonchev–Trinajstić information content (AvgIpc) is 2.76. The minimum Gasteiger partial charge on any atom is -0.317 e. The summed E-state index contributed by atoms with van der Waals surface area (Å²) >= 11 is 0. The van der Waals surface area contributed by atoms with Gasteiger partial charge >= 0.3 is 0 Å². The van der Waals surface area contributed by atoms with Gasteiger partial charge in [0.05, 0.1) is 11.8 Å². The number of benzene rings is 1. The molecular formula is C10H7F2N3O. The fourth-order valence-electron chi connectivity index (χ4n) is 1.18. The average molecular weight is 223 g/mol. The third-order valence-corrected chi connectivity index (χ3v) is 1.96. The van der Waals surface area contributed by atoms with Gasteiger partial charge in [-0.3, -0.25) is 9.89 Å². The first-order valence-corrected chi connectivity index (χ1v) is 4.42. The topological polar surface area (TPSA) is 57.8 Å². The molecule has 6 heteroatoms. The number of carbonyl (C=O) groups excluding carboxylic acids is 1. The van der Waals surface area contributed by atoms with E-state index in [0.717, 1.165) is 12.1 Å². The van der Waals surface area contributed by atoms with Crippen molar-refractivity contribution in [3.8, 4) is 0 Å². The molecule has 1 amide bonds. The zero-order valence-corrected chi connectivity index (χ0v) is 8.00. The van der Waals surface area contributed by atoms with Crippen LogP contribution in [0, 0.1) is 11.6 Å². The molecule has 4 nitrogen and oxygen atoms in total. The predicted molar refractivity (Wildman–Crippen MR) is 52.9 cm³/mol. The van der Waals surface area contributed by atoms with Gasteiger partial charge in [-0.2, -0.15) is 5.10 Å².